The predicted molar refractivity (Wildman–Crippen MR) is 83.2 cm³/mol. The summed E-state index contributed by atoms with van der Waals surface area (Å²) in [5.74, 6) is -1.32. The number of aromatic nitrogens is 3. The second kappa shape index (κ2) is 6.03. The molecule has 11 heteroatoms. The van der Waals surface area contributed by atoms with Gasteiger partial charge in [0.2, 0.25) is 5.91 Å². The second-order valence-corrected chi connectivity index (χ2v) is 5.08. The minimum atomic E-state index is -0.826. The number of nitro groups is 1. The van der Waals surface area contributed by atoms with Gasteiger partial charge in [0.25, 0.3) is 0 Å². The number of carbonyl (C=O) groups excluding carboxylic acids is 1. The van der Waals surface area contributed by atoms with Crippen LogP contribution in [-0.2, 0) is 11.3 Å². The van der Waals surface area contributed by atoms with E-state index in [1.807, 2.05) is 0 Å². The molecule has 1 amide bonds. The molecule has 3 rings (SSSR count). The molecule has 25 heavy (non-hydrogen) atoms. The summed E-state index contributed by atoms with van der Waals surface area (Å²) in [6, 6.07) is 5.71. The fourth-order valence-electron chi connectivity index (χ4n) is 2.19. The van der Waals surface area contributed by atoms with Gasteiger partial charge in [0.1, 0.15) is 17.9 Å². The molecular weight excluding hydrogens is 334 g/mol. The zero-order valence-electron chi connectivity index (χ0n) is 12.8. The highest BCUT2D eigenvalue weighted by molar-refractivity contribution is 5.81. The van der Waals surface area contributed by atoms with Crippen LogP contribution in [0.2, 0.25) is 0 Å². The summed E-state index contributed by atoms with van der Waals surface area (Å²) in [5.41, 5.74) is 5.56. The molecular formula is C14H11N5O6. The Labute approximate surface area is 138 Å². The molecule has 0 radical (unpaired) electrons. The molecule has 0 atom stereocenters. The topological polar surface area (TPSA) is 156 Å². The van der Waals surface area contributed by atoms with Gasteiger partial charge in [-0.3, -0.25) is 4.79 Å². The van der Waals surface area contributed by atoms with Gasteiger partial charge in [-0.1, -0.05) is 0 Å². The number of carbonyl (C=O) groups is 1. The first-order valence-corrected chi connectivity index (χ1v) is 6.93. The first kappa shape index (κ1) is 16.1. The van der Waals surface area contributed by atoms with Gasteiger partial charge in [0, 0.05) is 22.6 Å². The normalized spacial score (nSPS) is 10.8. The molecule has 128 valence electrons. The number of ether oxygens (including phenoxy) is 1. The highest BCUT2D eigenvalue weighted by Crippen LogP contribution is 2.26. The van der Waals surface area contributed by atoms with Crippen LogP contribution in [-0.4, -0.2) is 25.6 Å². The van der Waals surface area contributed by atoms with E-state index in [1.165, 1.54) is 12.1 Å². The lowest BCUT2D eigenvalue weighted by molar-refractivity contribution is -0.394. The van der Waals surface area contributed by atoms with Crippen molar-refractivity contribution in [1.29, 1.82) is 0 Å². The van der Waals surface area contributed by atoms with Crippen molar-refractivity contribution in [2.45, 2.75) is 13.5 Å². The highest BCUT2D eigenvalue weighted by Gasteiger charge is 2.24. The highest BCUT2D eigenvalue weighted by atomic mass is 16.6. The van der Waals surface area contributed by atoms with Gasteiger partial charge >= 0.3 is 17.6 Å². The molecule has 2 N–H and O–H groups in total. The summed E-state index contributed by atoms with van der Waals surface area (Å²) in [4.78, 5) is 36.1. The third-order valence-corrected chi connectivity index (χ3v) is 3.23. The summed E-state index contributed by atoms with van der Waals surface area (Å²) in [7, 11) is 0. The molecule has 0 aliphatic rings. The monoisotopic (exact) mass is 345 g/mol. The maximum Gasteiger partial charge on any atom is 0.494 e. The summed E-state index contributed by atoms with van der Waals surface area (Å²) in [6.07, 6.45) is 0. The zero-order valence-corrected chi connectivity index (χ0v) is 12.8. The molecule has 1 aromatic carbocycles. The summed E-state index contributed by atoms with van der Waals surface area (Å²) >= 11 is 0. The quantitative estimate of drug-likeness (QED) is 0.405. The van der Waals surface area contributed by atoms with Crippen LogP contribution < -0.4 is 16.1 Å². The Kier molecular flexibility index (Phi) is 3.89. The smallest absolute Gasteiger partial charge is 0.423 e. The predicted octanol–water partition coefficient (Wildman–Crippen LogP) is 0.879. The van der Waals surface area contributed by atoms with Crippen LogP contribution in [0.3, 0.4) is 0 Å². The minimum Gasteiger partial charge on any atom is -0.423 e. The van der Waals surface area contributed by atoms with Crippen LogP contribution >= 0.6 is 0 Å². The van der Waals surface area contributed by atoms with Crippen LogP contribution in [0.15, 0.2) is 33.5 Å². The SMILES string of the molecule is Cc1cc(=O)oc2cc(Oc3nc([N+](=O)[O-])nn3CC(N)=O)ccc12. The number of hydrogen-bond donors (Lipinski definition) is 1. The van der Waals surface area contributed by atoms with Crippen LogP contribution in [0, 0.1) is 17.0 Å². The average Bonchev–Trinajstić information content (AvgIpc) is 2.89. The zero-order chi connectivity index (χ0) is 18.1. The van der Waals surface area contributed by atoms with Crippen LogP contribution in [0.5, 0.6) is 11.8 Å². The third kappa shape index (κ3) is 3.29. The average molecular weight is 345 g/mol. The van der Waals surface area contributed by atoms with E-state index in [0.717, 1.165) is 10.2 Å². The molecule has 0 spiro atoms. The molecule has 3 aromatic rings. The van der Waals surface area contributed by atoms with E-state index in [4.69, 9.17) is 14.9 Å². The van der Waals surface area contributed by atoms with Gasteiger partial charge in [0.15, 0.2) is 0 Å². The van der Waals surface area contributed by atoms with Crippen molar-refractivity contribution in [2.75, 3.05) is 0 Å². The molecule has 2 aromatic heterocycles. The minimum absolute atomic E-state index is 0.189. The van der Waals surface area contributed by atoms with Crippen molar-refractivity contribution in [3.63, 3.8) is 0 Å². The first-order chi connectivity index (χ1) is 11.8. The summed E-state index contributed by atoms with van der Waals surface area (Å²) in [6.45, 7) is 1.31. The van der Waals surface area contributed by atoms with Gasteiger partial charge in [0.05, 0.1) is 0 Å². The fourth-order valence-corrected chi connectivity index (χ4v) is 2.19. The Hall–Kier alpha value is -3.76. The Morgan fingerprint density at radius 1 is 1.44 bits per heavy atom. The van der Waals surface area contributed by atoms with Crippen molar-refractivity contribution < 1.29 is 18.9 Å². The van der Waals surface area contributed by atoms with Crippen molar-refractivity contribution in [3.8, 4) is 11.8 Å². The van der Waals surface area contributed by atoms with Crippen molar-refractivity contribution in [2.24, 2.45) is 5.73 Å². The van der Waals surface area contributed by atoms with Crippen molar-refractivity contribution in [1.82, 2.24) is 14.8 Å². The van der Waals surface area contributed by atoms with E-state index >= 15 is 0 Å². The maximum absolute atomic E-state index is 11.5. The first-order valence-electron chi connectivity index (χ1n) is 6.93. The van der Waals surface area contributed by atoms with E-state index in [-0.39, 0.29) is 17.3 Å². The van der Waals surface area contributed by atoms with Gasteiger partial charge in [-0.15, -0.1) is 4.68 Å². The van der Waals surface area contributed by atoms with Gasteiger partial charge in [-0.25, -0.2) is 4.79 Å². The van der Waals surface area contributed by atoms with Crippen LogP contribution in [0.4, 0.5) is 5.95 Å². The number of rotatable bonds is 5. The molecule has 0 saturated carbocycles. The third-order valence-electron chi connectivity index (χ3n) is 3.23. The maximum atomic E-state index is 11.5. The number of nitrogens with two attached hydrogens (primary N) is 1. The molecule has 0 fully saturated rings. The van der Waals surface area contributed by atoms with Crippen molar-refractivity contribution in [3.05, 3.63) is 50.4 Å². The second-order valence-electron chi connectivity index (χ2n) is 5.08. The van der Waals surface area contributed by atoms with E-state index < -0.39 is 28.9 Å². The lowest BCUT2D eigenvalue weighted by Gasteiger charge is -2.04. The standard InChI is InChI=1S/C14H11N5O6/c1-7-4-12(21)25-10-5-8(2-3-9(7)10)24-14-16-13(19(22)23)17-18(14)6-11(15)20/h2-5H,6H2,1H3,(H2,15,20). The van der Waals surface area contributed by atoms with Crippen LogP contribution in [0.25, 0.3) is 11.0 Å². The number of hydrogen-bond acceptors (Lipinski definition) is 8. The Morgan fingerprint density at radius 2 is 2.20 bits per heavy atom. The van der Waals surface area contributed by atoms with E-state index in [0.29, 0.717) is 5.39 Å². The molecule has 0 unspecified atom stereocenters. The molecule has 0 saturated heterocycles. The fraction of sp³-hybridized carbons (Fsp3) is 0.143. The number of fused-ring (bicyclic) bond motifs is 1. The van der Waals surface area contributed by atoms with E-state index in [1.54, 1.807) is 19.1 Å². The molecule has 0 aliphatic heterocycles. The number of aryl methyl sites for hydroxylation is 1. The van der Waals surface area contributed by atoms with Gasteiger partial charge in [-0.05, 0) is 34.5 Å². The number of amides is 1. The summed E-state index contributed by atoms with van der Waals surface area (Å²) < 4.78 is 11.4. The van der Waals surface area contributed by atoms with E-state index in [2.05, 4.69) is 10.1 Å². The molecule has 11 nitrogen and oxygen atoms in total. The van der Waals surface area contributed by atoms with Crippen LogP contribution in [0.1, 0.15) is 5.56 Å². The largest absolute Gasteiger partial charge is 0.494 e. The number of nitrogens with zero attached hydrogens (tertiary/aromatic N) is 4. The molecule has 0 bridgehead atoms. The van der Waals surface area contributed by atoms with Gasteiger partial charge in [-0.2, -0.15) is 0 Å². The summed E-state index contributed by atoms with van der Waals surface area (Å²) in [5, 5.41) is 15.0. The molecule has 2 heterocycles. The van der Waals surface area contributed by atoms with Crippen molar-refractivity contribution >= 4 is 22.8 Å². The van der Waals surface area contributed by atoms with E-state index in [9.17, 15) is 19.7 Å². The number of primary amides is 1. The van der Waals surface area contributed by atoms with Gasteiger partial charge < -0.3 is 25.0 Å². The number of benzene rings is 1. The lowest BCUT2D eigenvalue weighted by atomic mass is 10.1. The lowest BCUT2D eigenvalue weighted by Crippen LogP contribution is -2.20. The Balaban J connectivity index is 2.01. The molecule has 0 aliphatic carbocycles. The Bertz CT molecular complexity index is 1050. The Morgan fingerprint density at radius 3 is 2.88 bits per heavy atom.